The number of hydrogen-bond donors (Lipinski definition) is 0. The fraction of sp³-hybridized carbons (Fsp3) is 0.706. The number of aromatic nitrogens is 1. The molecule has 1 heterocycles. The number of anilines is 1. The van der Waals surface area contributed by atoms with Crippen LogP contribution in [0.15, 0.2) is 12.1 Å². The first-order chi connectivity index (χ1) is 9.61. The van der Waals surface area contributed by atoms with Crippen LogP contribution in [-0.4, -0.2) is 17.6 Å². The van der Waals surface area contributed by atoms with Gasteiger partial charge in [0.2, 0.25) is 0 Å². The summed E-state index contributed by atoms with van der Waals surface area (Å²) in [7, 11) is 0. The number of halogens is 1. The highest BCUT2D eigenvalue weighted by Crippen LogP contribution is 2.28. The van der Waals surface area contributed by atoms with E-state index in [-0.39, 0.29) is 0 Å². The van der Waals surface area contributed by atoms with E-state index in [1.54, 1.807) is 0 Å². The third kappa shape index (κ3) is 3.88. The van der Waals surface area contributed by atoms with Crippen LogP contribution >= 0.6 is 11.6 Å². The van der Waals surface area contributed by atoms with Gasteiger partial charge in [-0.1, -0.05) is 32.8 Å². The van der Waals surface area contributed by atoms with Crippen LogP contribution < -0.4 is 4.90 Å². The summed E-state index contributed by atoms with van der Waals surface area (Å²) in [6.07, 6.45) is 6.59. The van der Waals surface area contributed by atoms with Gasteiger partial charge in [0.05, 0.1) is 0 Å². The second-order valence-electron chi connectivity index (χ2n) is 6.36. The van der Waals surface area contributed by atoms with E-state index in [0.717, 1.165) is 29.5 Å². The molecule has 112 valence electrons. The van der Waals surface area contributed by atoms with E-state index in [4.69, 9.17) is 16.6 Å². The molecule has 0 atom stereocenters. The fourth-order valence-corrected chi connectivity index (χ4v) is 3.26. The summed E-state index contributed by atoms with van der Waals surface area (Å²) in [5.41, 5.74) is 2.22. The van der Waals surface area contributed by atoms with Gasteiger partial charge in [0.15, 0.2) is 0 Å². The molecular weight excluding hydrogens is 268 g/mol. The lowest BCUT2D eigenvalue weighted by atomic mass is 10.1. The van der Waals surface area contributed by atoms with Crippen molar-refractivity contribution in [1.29, 1.82) is 0 Å². The Bertz CT molecular complexity index is 425. The molecule has 0 N–H and O–H groups in total. The average Bonchev–Trinajstić information content (AvgIpc) is 2.93. The summed E-state index contributed by atoms with van der Waals surface area (Å²) in [6.45, 7) is 7.77. The molecule has 0 saturated heterocycles. The van der Waals surface area contributed by atoms with E-state index in [1.165, 1.54) is 32.1 Å². The highest BCUT2D eigenvalue weighted by molar-refractivity contribution is 6.17. The van der Waals surface area contributed by atoms with Gasteiger partial charge in [-0.3, -0.25) is 0 Å². The van der Waals surface area contributed by atoms with E-state index in [2.05, 4.69) is 37.8 Å². The summed E-state index contributed by atoms with van der Waals surface area (Å²) in [5.74, 6) is 2.43. The Morgan fingerprint density at radius 2 is 2.00 bits per heavy atom. The van der Waals surface area contributed by atoms with Crippen LogP contribution in [0.2, 0.25) is 0 Å². The topological polar surface area (TPSA) is 16.1 Å². The summed E-state index contributed by atoms with van der Waals surface area (Å²) < 4.78 is 0. The lowest BCUT2D eigenvalue weighted by Gasteiger charge is -2.31. The SMILES string of the molecule is Cc1nc(N(CCC(C)C)C2CCCC2)ccc1CCl. The van der Waals surface area contributed by atoms with Crippen molar-refractivity contribution in [2.45, 2.75) is 64.8 Å². The first-order valence-corrected chi connectivity index (χ1v) is 8.44. The zero-order chi connectivity index (χ0) is 14.5. The van der Waals surface area contributed by atoms with Crippen LogP contribution in [-0.2, 0) is 5.88 Å². The highest BCUT2D eigenvalue weighted by atomic mass is 35.5. The third-order valence-corrected chi connectivity index (χ3v) is 4.62. The van der Waals surface area contributed by atoms with Gasteiger partial charge in [0.25, 0.3) is 0 Å². The van der Waals surface area contributed by atoms with Crippen molar-refractivity contribution < 1.29 is 0 Å². The molecule has 0 spiro atoms. The maximum absolute atomic E-state index is 5.94. The zero-order valence-electron chi connectivity index (χ0n) is 13.0. The molecule has 1 aromatic rings. The molecule has 1 saturated carbocycles. The molecule has 2 rings (SSSR count). The smallest absolute Gasteiger partial charge is 0.129 e. The average molecular weight is 295 g/mol. The van der Waals surface area contributed by atoms with E-state index < -0.39 is 0 Å². The molecule has 0 aliphatic heterocycles. The molecule has 0 radical (unpaired) electrons. The Hall–Kier alpha value is -0.760. The molecule has 0 unspecified atom stereocenters. The van der Waals surface area contributed by atoms with Gasteiger partial charge in [-0.25, -0.2) is 4.98 Å². The lowest BCUT2D eigenvalue weighted by Crippen LogP contribution is -2.35. The van der Waals surface area contributed by atoms with Gasteiger partial charge in [-0.05, 0) is 43.7 Å². The largest absolute Gasteiger partial charge is 0.354 e. The maximum atomic E-state index is 5.94. The molecule has 2 nitrogen and oxygen atoms in total. The molecule has 1 fully saturated rings. The first-order valence-electron chi connectivity index (χ1n) is 7.91. The number of pyridine rings is 1. The van der Waals surface area contributed by atoms with Crippen molar-refractivity contribution in [2.75, 3.05) is 11.4 Å². The van der Waals surface area contributed by atoms with E-state index in [0.29, 0.717) is 11.9 Å². The third-order valence-electron chi connectivity index (χ3n) is 4.33. The molecule has 0 aromatic carbocycles. The molecular formula is C17H27ClN2. The van der Waals surface area contributed by atoms with Crippen LogP contribution in [0, 0.1) is 12.8 Å². The van der Waals surface area contributed by atoms with Crippen LogP contribution in [0.25, 0.3) is 0 Å². The summed E-state index contributed by atoms with van der Waals surface area (Å²) in [4.78, 5) is 7.35. The van der Waals surface area contributed by atoms with Gasteiger partial charge in [0.1, 0.15) is 5.82 Å². The van der Waals surface area contributed by atoms with Gasteiger partial charge in [-0.15, -0.1) is 11.6 Å². The van der Waals surface area contributed by atoms with Crippen molar-refractivity contribution >= 4 is 17.4 Å². The molecule has 1 aliphatic carbocycles. The Morgan fingerprint density at radius 3 is 2.55 bits per heavy atom. The van der Waals surface area contributed by atoms with Crippen LogP contribution in [0.1, 0.15) is 57.2 Å². The number of nitrogens with zero attached hydrogens (tertiary/aromatic N) is 2. The fourth-order valence-electron chi connectivity index (χ4n) is 2.98. The maximum Gasteiger partial charge on any atom is 0.129 e. The number of rotatable bonds is 6. The summed E-state index contributed by atoms with van der Waals surface area (Å²) in [5, 5.41) is 0. The predicted octanol–water partition coefficient (Wildman–Crippen LogP) is 4.92. The molecule has 0 amide bonds. The van der Waals surface area contributed by atoms with E-state index >= 15 is 0 Å². The molecule has 1 aromatic heterocycles. The Balaban J connectivity index is 2.18. The van der Waals surface area contributed by atoms with Crippen LogP contribution in [0.5, 0.6) is 0 Å². The quantitative estimate of drug-likeness (QED) is 0.692. The Kier molecular flexibility index (Phi) is 5.71. The predicted molar refractivity (Wildman–Crippen MR) is 87.6 cm³/mol. The second-order valence-corrected chi connectivity index (χ2v) is 6.63. The van der Waals surface area contributed by atoms with Gasteiger partial charge >= 0.3 is 0 Å². The Labute approximate surface area is 128 Å². The van der Waals surface area contributed by atoms with Crippen molar-refractivity contribution in [3.05, 3.63) is 23.4 Å². The molecule has 3 heteroatoms. The van der Waals surface area contributed by atoms with Gasteiger partial charge in [-0.2, -0.15) is 0 Å². The van der Waals surface area contributed by atoms with E-state index in [1.807, 2.05) is 0 Å². The minimum absolute atomic E-state index is 0.550. The normalized spacial score (nSPS) is 16.1. The minimum Gasteiger partial charge on any atom is -0.354 e. The molecule has 1 aliphatic rings. The summed E-state index contributed by atoms with van der Waals surface area (Å²) >= 11 is 5.94. The Morgan fingerprint density at radius 1 is 1.30 bits per heavy atom. The van der Waals surface area contributed by atoms with Crippen LogP contribution in [0.3, 0.4) is 0 Å². The lowest BCUT2D eigenvalue weighted by molar-refractivity contribution is 0.524. The van der Waals surface area contributed by atoms with Crippen molar-refractivity contribution in [1.82, 2.24) is 4.98 Å². The minimum atomic E-state index is 0.550. The van der Waals surface area contributed by atoms with Crippen molar-refractivity contribution in [3.63, 3.8) is 0 Å². The number of aryl methyl sites for hydroxylation is 1. The molecule has 20 heavy (non-hydrogen) atoms. The number of hydrogen-bond acceptors (Lipinski definition) is 2. The first kappa shape index (κ1) is 15.6. The number of alkyl halides is 1. The second kappa shape index (κ2) is 7.31. The zero-order valence-corrected chi connectivity index (χ0v) is 13.8. The highest BCUT2D eigenvalue weighted by Gasteiger charge is 2.24. The van der Waals surface area contributed by atoms with Crippen LogP contribution in [0.4, 0.5) is 5.82 Å². The van der Waals surface area contributed by atoms with E-state index in [9.17, 15) is 0 Å². The van der Waals surface area contributed by atoms with Crippen molar-refractivity contribution in [3.8, 4) is 0 Å². The summed E-state index contributed by atoms with van der Waals surface area (Å²) in [6, 6.07) is 4.98. The monoisotopic (exact) mass is 294 g/mol. The van der Waals surface area contributed by atoms with Gasteiger partial charge < -0.3 is 4.90 Å². The van der Waals surface area contributed by atoms with Crippen molar-refractivity contribution in [2.24, 2.45) is 5.92 Å². The van der Waals surface area contributed by atoms with Gasteiger partial charge in [0, 0.05) is 24.2 Å². The standard InChI is InChI=1S/C17H27ClN2/c1-13(2)10-11-20(16-6-4-5-7-16)17-9-8-15(12-18)14(3)19-17/h8-9,13,16H,4-7,10-12H2,1-3H3. The molecule has 0 bridgehead atoms.